The lowest BCUT2D eigenvalue weighted by Crippen LogP contribution is -2.34. The number of rotatable bonds is 2. The first kappa shape index (κ1) is 8.53. The first-order valence-corrected chi connectivity index (χ1v) is 4.57. The molecule has 2 aliphatic carbocycles. The average molecular weight is 184 g/mol. The van der Waals surface area contributed by atoms with Gasteiger partial charge in [-0.3, -0.25) is 9.59 Å². The first-order valence-electron chi connectivity index (χ1n) is 4.57. The Morgan fingerprint density at radius 1 is 0.923 bits per heavy atom. The zero-order valence-corrected chi connectivity index (χ0v) is 7.14. The number of fused-ring (bicyclic) bond motifs is 2. The minimum absolute atomic E-state index is 0.114. The van der Waals surface area contributed by atoms with Crippen LogP contribution in [-0.2, 0) is 9.59 Å². The predicted octanol–water partition coefficient (Wildman–Crippen LogP) is 0.818. The number of hydrogen-bond donors (Lipinski definition) is 2. The topological polar surface area (TPSA) is 74.6 Å². The highest BCUT2D eigenvalue weighted by Gasteiger charge is 2.54. The second-order valence-electron chi connectivity index (χ2n) is 4.06. The third kappa shape index (κ3) is 1.12. The van der Waals surface area contributed by atoms with E-state index < -0.39 is 23.8 Å². The van der Waals surface area contributed by atoms with Crippen molar-refractivity contribution in [1.29, 1.82) is 0 Å². The molecular formula is C9H12O4. The molecule has 0 radical (unpaired) electrons. The Hall–Kier alpha value is -1.06. The van der Waals surface area contributed by atoms with Gasteiger partial charge in [-0.2, -0.15) is 0 Å². The fourth-order valence-electron chi connectivity index (χ4n) is 3.00. The second-order valence-corrected chi connectivity index (χ2v) is 4.06. The SMILES string of the molecule is O=C(O)C1C2CCC(C2)C1C(=O)O. The lowest BCUT2D eigenvalue weighted by molar-refractivity contribution is -0.156. The maximum Gasteiger partial charge on any atom is 0.307 e. The van der Waals surface area contributed by atoms with Crippen molar-refractivity contribution in [2.45, 2.75) is 19.3 Å². The van der Waals surface area contributed by atoms with Crippen LogP contribution in [0.4, 0.5) is 0 Å². The third-order valence-electron chi connectivity index (χ3n) is 3.49. The summed E-state index contributed by atoms with van der Waals surface area (Å²) in [4.78, 5) is 21.7. The van der Waals surface area contributed by atoms with Gasteiger partial charge in [-0.1, -0.05) is 0 Å². The molecule has 2 aliphatic rings. The van der Waals surface area contributed by atoms with Crippen molar-refractivity contribution in [3.8, 4) is 0 Å². The Balaban J connectivity index is 2.24. The van der Waals surface area contributed by atoms with Crippen molar-refractivity contribution < 1.29 is 19.8 Å². The predicted molar refractivity (Wildman–Crippen MR) is 43.1 cm³/mol. The highest BCUT2D eigenvalue weighted by molar-refractivity contribution is 5.81. The standard InChI is InChI=1S/C9H12O4/c10-8(11)6-4-1-2-5(3-4)7(6)9(12)13/h4-7H,1-3H2,(H,10,11)(H,12,13). The summed E-state index contributed by atoms with van der Waals surface area (Å²) in [5.41, 5.74) is 0. The Bertz CT molecular complexity index is 234. The molecule has 2 saturated carbocycles. The van der Waals surface area contributed by atoms with Crippen LogP contribution < -0.4 is 0 Å². The summed E-state index contributed by atoms with van der Waals surface area (Å²) in [5, 5.41) is 17.8. The summed E-state index contributed by atoms with van der Waals surface area (Å²) in [6, 6.07) is 0. The second kappa shape index (κ2) is 2.72. The van der Waals surface area contributed by atoms with Crippen LogP contribution in [0, 0.1) is 23.7 Å². The summed E-state index contributed by atoms with van der Waals surface area (Å²) >= 11 is 0. The molecule has 4 atom stereocenters. The quantitative estimate of drug-likeness (QED) is 0.666. The highest BCUT2D eigenvalue weighted by atomic mass is 16.4. The van der Waals surface area contributed by atoms with Crippen molar-refractivity contribution in [1.82, 2.24) is 0 Å². The largest absolute Gasteiger partial charge is 0.481 e. The molecule has 2 N–H and O–H groups in total. The van der Waals surface area contributed by atoms with Crippen LogP contribution in [0.3, 0.4) is 0 Å². The number of carboxylic acids is 2. The molecule has 0 aromatic heterocycles. The van der Waals surface area contributed by atoms with Gasteiger partial charge in [0.05, 0.1) is 11.8 Å². The lowest BCUT2D eigenvalue weighted by Gasteiger charge is -2.24. The van der Waals surface area contributed by atoms with Crippen LogP contribution in [0.1, 0.15) is 19.3 Å². The van der Waals surface area contributed by atoms with E-state index in [2.05, 4.69) is 0 Å². The molecule has 2 rings (SSSR count). The zero-order chi connectivity index (χ0) is 9.59. The molecule has 0 aromatic rings. The first-order chi connectivity index (χ1) is 6.11. The molecule has 2 bridgehead atoms. The van der Waals surface area contributed by atoms with Crippen LogP contribution >= 0.6 is 0 Å². The maximum atomic E-state index is 10.8. The molecule has 72 valence electrons. The van der Waals surface area contributed by atoms with Gasteiger partial charge < -0.3 is 10.2 Å². The molecule has 0 amide bonds. The summed E-state index contributed by atoms with van der Waals surface area (Å²) < 4.78 is 0. The summed E-state index contributed by atoms with van der Waals surface area (Å²) in [6.07, 6.45) is 2.59. The van der Waals surface area contributed by atoms with E-state index in [1.165, 1.54) is 0 Å². The van der Waals surface area contributed by atoms with Crippen LogP contribution in [0.15, 0.2) is 0 Å². The van der Waals surface area contributed by atoms with Crippen LogP contribution in [0.2, 0.25) is 0 Å². The minimum Gasteiger partial charge on any atom is -0.481 e. The molecule has 0 aliphatic heterocycles. The Labute approximate surface area is 75.6 Å². The van der Waals surface area contributed by atoms with E-state index in [0.29, 0.717) is 0 Å². The van der Waals surface area contributed by atoms with Crippen LogP contribution in [-0.4, -0.2) is 22.2 Å². The van der Waals surface area contributed by atoms with Crippen molar-refractivity contribution in [3.63, 3.8) is 0 Å². The van der Waals surface area contributed by atoms with Gasteiger partial charge in [0.2, 0.25) is 0 Å². The van der Waals surface area contributed by atoms with Crippen molar-refractivity contribution in [2.75, 3.05) is 0 Å². The maximum absolute atomic E-state index is 10.8. The van der Waals surface area contributed by atoms with Gasteiger partial charge in [-0.05, 0) is 31.1 Å². The van der Waals surface area contributed by atoms with Crippen molar-refractivity contribution in [2.24, 2.45) is 23.7 Å². The normalized spacial score (nSPS) is 42.2. The molecule has 0 saturated heterocycles. The van der Waals surface area contributed by atoms with E-state index >= 15 is 0 Å². The summed E-state index contributed by atoms with van der Waals surface area (Å²) in [6.45, 7) is 0. The fourth-order valence-corrected chi connectivity index (χ4v) is 3.00. The van der Waals surface area contributed by atoms with Crippen LogP contribution in [0.5, 0.6) is 0 Å². The average Bonchev–Trinajstić information content (AvgIpc) is 2.60. The molecule has 0 spiro atoms. The van der Waals surface area contributed by atoms with Crippen molar-refractivity contribution in [3.05, 3.63) is 0 Å². The fraction of sp³-hybridized carbons (Fsp3) is 0.778. The highest BCUT2D eigenvalue weighted by Crippen LogP contribution is 2.52. The lowest BCUT2D eigenvalue weighted by atomic mass is 9.79. The molecule has 2 fully saturated rings. The molecule has 0 heterocycles. The number of aliphatic carboxylic acids is 2. The van der Waals surface area contributed by atoms with E-state index in [0.717, 1.165) is 19.3 Å². The van der Waals surface area contributed by atoms with Gasteiger partial charge >= 0.3 is 11.9 Å². The van der Waals surface area contributed by atoms with Crippen molar-refractivity contribution >= 4 is 11.9 Å². The van der Waals surface area contributed by atoms with Gasteiger partial charge in [0.25, 0.3) is 0 Å². The molecule has 4 unspecified atom stereocenters. The number of carbonyl (C=O) groups is 2. The van der Waals surface area contributed by atoms with Gasteiger partial charge in [0.15, 0.2) is 0 Å². The Kier molecular flexibility index (Phi) is 1.78. The minimum atomic E-state index is -0.931. The van der Waals surface area contributed by atoms with E-state index in [4.69, 9.17) is 10.2 Å². The summed E-state index contributed by atoms with van der Waals surface area (Å²) in [7, 11) is 0. The molecule has 13 heavy (non-hydrogen) atoms. The summed E-state index contributed by atoms with van der Waals surface area (Å²) in [5.74, 6) is -2.89. The van der Waals surface area contributed by atoms with Gasteiger partial charge in [-0.15, -0.1) is 0 Å². The van der Waals surface area contributed by atoms with Crippen LogP contribution in [0.25, 0.3) is 0 Å². The molecule has 4 heteroatoms. The number of hydrogen-bond acceptors (Lipinski definition) is 2. The smallest absolute Gasteiger partial charge is 0.307 e. The molecule has 4 nitrogen and oxygen atoms in total. The molecule has 0 aromatic carbocycles. The van der Waals surface area contributed by atoms with Gasteiger partial charge in [0.1, 0.15) is 0 Å². The van der Waals surface area contributed by atoms with E-state index in [1.54, 1.807) is 0 Å². The van der Waals surface area contributed by atoms with E-state index in [1.807, 2.05) is 0 Å². The van der Waals surface area contributed by atoms with Gasteiger partial charge in [-0.25, -0.2) is 0 Å². The monoisotopic (exact) mass is 184 g/mol. The van der Waals surface area contributed by atoms with Gasteiger partial charge in [0, 0.05) is 0 Å². The Morgan fingerprint density at radius 2 is 1.31 bits per heavy atom. The third-order valence-corrected chi connectivity index (χ3v) is 3.49. The van der Waals surface area contributed by atoms with E-state index in [-0.39, 0.29) is 11.8 Å². The number of carboxylic acid groups (broad SMARTS) is 2. The van der Waals surface area contributed by atoms with E-state index in [9.17, 15) is 9.59 Å². The molecular weight excluding hydrogens is 172 g/mol. The Morgan fingerprint density at radius 3 is 1.62 bits per heavy atom. The zero-order valence-electron chi connectivity index (χ0n) is 7.14.